The van der Waals surface area contributed by atoms with Crippen LogP contribution in [0.15, 0.2) is 23.9 Å². The zero-order chi connectivity index (χ0) is 11.5. The minimum atomic E-state index is -3.17. The number of carbonyl (C=O) groups is 1. The van der Waals surface area contributed by atoms with Gasteiger partial charge in [0.15, 0.2) is 0 Å². The highest BCUT2D eigenvalue weighted by molar-refractivity contribution is 5.74. The van der Waals surface area contributed by atoms with Gasteiger partial charge in [-0.25, -0.2) is 10.9 Å². The van der Waals surface area contributed by atoms with Crippen molar-refractivity contribution in [3.8, 4) is 0 Å². The van der Waals surface area contributed by atoms with Crippen molar-refractivity contribution in [2.45, 2.75) is 26.7 Å². The van der Waals surface area contributed by atoms with Crippen molar-refractivity contribution >= 4 is 5.91 Å². The van der Waals surface area contributed by atoms with Crippen LogP contribution in [0.3, 0.4) is 0 Å². The molecule has 0 heterocycles. The van der Waals surface area contributed by atoms with Gasteiger partial charge in [-0.15, -0.1) is 0 Å². The Balaban J connectivity index is 5.13. The molecule has 0 aromatic carbocycles. The molecule has 0 aromatic rings. The van der Waals surface area contributed by atoms with Crippen LogP contribution in [0, 0.1) is 0 Å². The average Bonchev–Trinajstić information content (AvgIpc) is 1.96. The van der Waals surface area contributed by atoms with Gasteiger partial charge in [-0.2, -0.15) is 8.78 Å². The molecule has 0 aromatic heterocycles. The van der Waals surface area contributed by atoms with Crippen LogP contribution in [0.5, 0.6) is 0 Å². The Hall–Kier alpha value is -1.23. The number of nitrogens with two attached hydrogens (primary N) is 1. The van der Waals surface area contributed by atoms with E-state index in [1.807, 2.05) is 0 Å². The fourth-order valence-electron chi connectivity index (χ4n) is 0.811. The molecule has 0 rings (SSSR count). The first-order valence-corrected chi connectivity index (χ1v) is 3.97. The molecule has 0 aliphatic rings. The molecular weight excluding hydrogens is 190 g/mol. The standard InChI is InChI=1S/C9H14F2N2O/c1-6(2)5-8(9(4,10)11)13(12)7(3)14/h5H,1,12H2,2-4H3/b8-5-. The second-order valence-corrected chi connectivity index (χ2v) is 3.15. The van der Waals surface area contributed by atoms with Gasteiger partial charge in [0.05, 0.1) is 0 Å². The molecule has 0 unspecified atom stereocenters. The van der Waals surface area contributed by atoms with E-state index < -0.39 is 17.5 Å². The Labute approximate surface area is 81.8 Å². The van der Waals surface area contributed by atoms with E-state index in [4.69, 9.17) is 5.84 Å². The first-order valence-electron chi connectivity index (χ1n) is 3.97. The fourth-order valence-corrected chi connectivity index (χ4v) is 0.811. The summed E-state index contributed by atoms with van der Waals surface area (Å²) in [6.07, 6.45) is 1.08. The van der Waals surface area contributed by atoms with Crippen LogP contribution in [0.25, 0.3) is 0 Å². The van der Waals surface area contributed by atoms with Crippen molar-refractivity contribution in [2.24, 2.45) is 5.84 Å². The second-order valence-electron chi connectivity index (χ2n) is 3.15. The summed E-state index contributed by atoms with van der Waals surface area (Å²) in [5.74, 6) is 1.37. The molecule has 0 bridgehead atoms. The number of hydrogen-bond acceptors (Lipinski definition) is 2. The van der Waals surface area contributed by atoms with E-state index in [1.54, 1.807) is 6.92 Å². The van der Waals surface area contributed by atoms with Gasteiger partial charge in [-0.3, -0.25) is 4.79 Å². The third-order valence-corrected chi connectivity index (χ3v) is 1.43. The number of halogens is 2. The van der Waals surface area contributed by atoms with Crippen molar-refractivity contribution in [2.75, 3.05) is 0 Å². The predicted molar refractivity (Wildman–Crippen MR) is 50.2 cm³/mol. The summed E-state index contributed by atoms with van der Waals surface area (Å²) in [5.41, 5.74) is -0.157. The number of hydrogen-bond donors (Lipinski definition) is 1. The minimum absolute atomic E-state index is 0.401. The number of rotatable bonds is 3. The van der Waals surface area contributed by atoms with E-state index in [0.717, 1.165) is 13.0 Å². The number of alkyl halides is 2. The molecular formula is C9H14F2N2O. The second kappa shape index (κ2) is 4.32. The van der Waals surface area contributed by atoms with E-state index in [0.29, 0.717) is 17.5 Å². The lowest BCUT2D eigenvalue weighted by molar-refractivity contribution is -0.129. The van der Waals surface area contributed by atoms with Gasteiger partial charge in [0.1, 0.15) is 5.70 Å². The predicted octanol–water partition coefficient (Wildman–Crippen LogP) is 1.82. The van der Waals surface area contributed by atoms with E-state index in [-0.39, 0.29) is 0 Å². The average molecular weight is 204 g/mol. The Kier molecular flexibility index (Phi) is 3.94. The van der Waals surface area contributed by atoms with Crippen molar-refractivity contribution in [3.05, 3.63) is 23.9 Å². The van der Waals surface area contributed by atoms with Crippen LogP contribution in [-0.2, 0) is 4.79 Å². The summed E-state index contributed by atoms with van der Waals surface area (Å²) in [6.45, 7) is 6.77. The molecule has 0 radical (unpaired) electrons. The molecule has 0 fully saturated rings. The van der Waals surface area contributed by atoms with Gasteiger partial charge in [0.25, 0.3) is 5.92 Å². The van der Waals surface area contributed by atoms with E-state index in [2.05, 4.69) is 6.58 Å². The van der Waals surface area contributed by atoms with Crippen LogP contribution in [0.1, 0.15) is 20.8 Å². The van der Waals surface area contributed by atoms with E-state index in [9.17, 15) is 13.6 Å². The summed E-state index contributed by atoms with van der Waals surface area (Å²) < 4.78 is 25.9. The topological polar surface area (TPSA) is 46.3 Å². The van der Waals surface area contributed by atoms with Crippen molar-refractivity contribution in [1.82, 2.24) is 5.01 Å². The van der Waals surface area contributed by atoms with E-state index >= 15 is 0 Å². The molecule has 14 heavy (non-hydrogen) atoms. The first kappa shape index (κ1) is 12.8. The maximum absolute atomic E-state index is 13.0. The highest BCUT2D eigenvalue weighted by Gasteiger charge is 2.32. The van der Waals surface area contributed by atoms with Crippen molar-refractivity contribution in [1.29, 1.82) is 0 Å². The Morgan fingerprint density at radius 2 is 1.93 bits per heavy atom. The third-order valence-electron chi connectivity index (χ3n) is 1.43. The maximum atomic E-state index is 13.0. The van der Waals surface area contributed by atoms with Crippen molar-refractivity contribution < 1.29 is 13.6 Å². The Bertz CT molecular complexity index is 279. The van der Waals surface area contributed by atoms with Gasteiger partial charge in [0.2, 0.25) is 5.91 Å². The van der Waals surface area contributed by atoms with Gasteiger partial charge >= 0.3 is 0 Å². The Morgan fingerprint density at radius 3 is 2.14 bits per heavy atom. The first-order chi connectivity index (χ1) is 6.16. The monoisotopic (exact) mass is 204 g/mol. The smallest absolute Gasteiger partial charge is 0.273 e. The quantitative estimate of drug-likeness (QED) is 0.330. The number of amides is 1. The fraction of sp³-hybridized carbons (Fsp3) is 0.444. The summed E-state index contributed by atoms with van der Waals surface area (Å²) in [5, 5.41) is 0.425. The van der Waals surface area contributed by atoms with E-state index in [1.165, 1.54) is 0 Å². The molecule has 0 saturated heterocycles. The van der Waals surface area contributed by atoms with Gasteiger partial charge in [-0.1, -0.05) is 12.2 Å². The molecule has 0 spiro atoms. The summed E-state index contributed by atoms with van der Waals surface area (Å²) in [7, 11) is 0. The van der Waals surface area contributed by atoms with Crippen LogP contribution in [0.4, 0.5) is 8.78 Å². The van der Waals surface area contributed by atoms with Crippen molar-refractivity contribution in [3.63, 3.8) is 0 Å². The molecule has 0 atom stereocenters. The summed E-state index contributed by atoms with van der Waals surface area (Å²) in [6, 6.07) is 0. The zero-order valence-electron chi connectivity index (χ0n) is 8.47. The zero-order valence-corrected chi connectivity index (χ0v) is 8.47. The lowest BCUT2D eigenvalue weighted by atomic mass is 10.2. The summed E-state index contributed by atoms with van der Waals surface area (Å²) >= 11 is 0. The van der Waals surface area contributed by atoms with Gasteiger partial charge in [-0.05, 0) is 13.0 Å². The van der Waals surface area contributed by atoms with Crippen LogP contribution in [0.2, 0.25) is 0 Å². The number of hydrazine groups is 1. The number of carbonyl (C=O) groups excluding carboxylic acids is 1. The molecule has 5 heteroatoms. The van der Waals surface area contributed by atoms with Gasteiger partial charge in [0, 0.05) is 13.8 Å². The molecule has 2 N–H and O–H groups in total. The SMILES string of the molecule is C=C(C)/C=C(\N(N)C(C)=O)C(C)(F)F. The minimum Gasteiger partial charge on any atom is -0.273 e. The molecule has 0 aliphatic carbocycles. The van der Waals surface area contributed by atoms with Crippen LogP contribution >= 0.6 is 0 Å². The number of allylic oxidation sites excluding steroid dienone is 3. The number of nitrogens with zero attached hydrogens (tertiary/aromatic N) is 1. The maximum Gasteiger partial charge on any atom is 0.286 e. The largest absolute Gasteiger partial charge is 0.286 e. The van der Waals surface area contributed by atoms with Gasteiger partial charge < -0.3 is 0 Å². The molecule has 3 nitrogen and oxygen atoms in total. The Morgan fingerprint density at radius 1 is 1.50 bits per heavy atom. The molecule has 0 saturated carbocycles. The lowest BCUT2D eigenvalue weighted by Crippen LogP contribution is -2.41. The third kappa shape index (κ3) is 3.66. The highest BCUT2D eigenvalue weighted by Crippen LogP contribution is 2.25. The highest BCUT2D eigenvalue weighted by atomic mass is 19.3. The molecule has 1 amide bonds. The molecule has 0 aliphatic heterocycles. The lowest BCUT2D eigenvalue weighted by Gasteiger charge is -2.23. The summed E-state index contributed by atoms with van der Waals surface area (Å²) in [4.78, 5) is 10.8. The van der Waals surface area contributed by atoms with Crippen LogP contribution < -0.4 is 5.84 Å². The normalized spacial score (nSPS) is 12.6. The van der Waals surface area contributed by atoms with Crippen LogP contribution in [-0.4, -0.2) is 16.8 Å². The molecule has 80 valence electrons.